The van der Waals surface area contributed by atoms with E-state index in [4.69, 9.17) is 31.3 Å². The Morgan fingerprint density at radius 3 is 2.07 bits per heavy atom. The molecule has 6 heteroatoms. The molecule has 0 bridgehead atoms. The van der Waals surface area contributed by atoms with E-state index in [1.807, 2.05) is 0 Å². The summed E-state index contributed by atoms with van der Waals surface area (Å²) < 4.78 is 0. The summed E-state index contributed by atoms with van der Waals surface area (Å²) in [5.74, 6) is -0.372. The fourth-order valence-electron chi connectivity index (χ4n) is 0.749. The molecule has 0 atom stereocenters. The molecule has 7 N–H and O–H groups in total. The van der Waals surface area contributed by atoms with Crippen molar-refractivity contribution in [3.63, 3.8) is 0 Å². The standard InChI is InChI=1S/C7H8O4.C2H7NO/c8-4-1-2-6(9)5(3-4)7(10)11;3-1-2-4/h1-3,7-11H;4H,1-3H2. The summed E-state index contributed by atoms with van der Waals surface area (Å²) >= 11 is 0. The van der Waals surface area contributed by atoms with Crippen LogP contribution >= 0.6 is 0 Å². The molecule has 0 aromatic heterocycles. The average molecular weight is 217 g/mol. The Kier molecular flexibility index (Phi) is 6.39. The third-order valence-electron chi connectivity index (χ3n) is 1.42. The van der Waals surface area contributed by atoms with Gasteiger partial charge in [-0.15, -0.1) is 0 Å². The smallest absolute Gasteiger partial charge is 0.182 e. The minimum Gasteiger partial charge on any atom is -0.508 e. The van der Waals surface area contributed by atoms with Gasteiger partial charge < -0.3 is 31.3 Å². The van der Waals surface area contributed by atoms with Crippen LogP contribution in [-0.4, -0.2) is 38.7 Å². The van der Waals surface area contributed by atoms with Gasteiger partial charge in [0.1, 0.15) is 11.5 Å². The van der Waals surface area contributed by atoms with E-state index in [2.05, 4.69) is 0 Å². The molecule has 0 radical (unpaired) electrons. The van der Waals surface area contributed by atoms with Crippen molar-refractivity contribution in [2.45, 2.75) is 6.29 Å². The van der Waals surface area contributed by atoms with Gasteiger partial charge in [-0.1, -0.05) is 0 Å². The van der Waals surface area contributed by atoms with Gasteiger partial charge in [0.2, 0.25) is 0 Å². The van der Waals surface area contributed by atoms with Gasteiger partial charge in [-0.25, -0.2) is 0 Å². The predicted octanol–water partition coefficient (Wildman–Crippen LogP) is -0.982. The van der Waals surface area contributed by atoms with E-state index in [0.29, 0.717) is 6.54 Å². The summed E-state index contributed by atoms with van der Waals surface area (Å²) in [6.07, 6.45) is -1.76. The van der Waals surface area contributed by atoms with Gasteiger partial charge in [0, 0.05) is 6.54 Å². The van der Waals surface area contributed by atoms with Crippen molar-refractivity contribution in [1.29, 1.82) is 0 Å². The minimum atomic E-state index is -1.76. The summed E-state index contributed by atoms with van der Waals surface area (Å²) in [5, 5.41) is 42.8. The molecule has 0 spiro atoms. The molecule has 1 aromatic carbocycles. The van der Waals surface area contributed by atoms with Gasteiger partial charge in [-0.05, 0) is 18.2 Å². The maximum atomic E-state index is 8.97. The Labute approximate surface area is 86.8 Å². The number of rotatable bonds is 2. The first-order valence-corrected chi connectivity index (χ1v) is 4.21. The third-order valence-corrected chi connectivity index (χ3v) is 1.42. The number of phenolic OH excluding ortho intramolecular Hbond substituents is 2. The largest absolute Gasteiger partial charge is 0.508 e. The predicted molar refractivity (Wildman–Crippen MR) is 53.1 cm³/mol. The van der Waals surface area contributed by atoms with Gasteiger partial charge in [0.05, 0.1) is 12.2 Å². The van der Waals surface area contributed by atoms with Gasteiger partial charge in [-0.2, -0.15) is 0 Å². The molecule has 0 unspecified atom stereocenters. The number of hydrogen-bond acceptors (Lipinski definition) is 6. The van der Waals surface area contributed by atoms with Gasteiger partial charge in [0.15, 0.2) is 6.29 Å². The maximum Gasteiger partial charge on any atom is 0.182 e. The van der Waals surface area contributed by atoms with E-state index >= 15 is 0 Å². The van der Waals surface area contributed by atoms with Crippen LogP contribution in [0, 0.1) is 0 Å². The fraction of sp³-hybridized carbons (Fsp3) is 0.333. The number of aliphatic hydroxyl groups excluding tert-OH is 2. The van der Waals surface area contributed by atoms with Gasteiger partial charge in [0.25, 0.3) is 0 Å². The minimum absolute atomic E-state index is 0.0972. The Balaban J connectivity index is 0.000000423. The van der Waals surface area contributed by atoms with Gasteiger partial charge >= 0.3 is 0 Å². The number of aromatic hydroxyl groups is 2. The van der Waals surface area contributed by atoms with Crippen LogP contribution in [0.5, 0.6) is 11.5 Å². The molecule has 0 aliphatic carbocycles. The van der Waals surface area contributed by atoms with E-state index in [1.165, 1.54) is 12.1 Å². The highest BCUT2D eigenvalue weighted by molar-refractivity contribution is 5.39. The zero-order valence-corrected chi connectivity index (χ0v) is 8.04. The summed E-state index contributed by atoms with van der Waals surface area (Å²) in [7, 11) is 0. The summed E-state index contributed by atoms with van der Waals surface area (Å²) in [5.41, 5.74) is 4.67. The zero-order valence-electron chi connectivity index (χ0n) is 8.04. The molecule has 0 fully saturated rings. The van der Waals surface area contributed by atoms with Crippen molar-refractivity contribution >= 4 is 0 Å². The maximum absolute atomic E-state index is 8.97. The average Bonchev–Trinajstić information content (AvgIpc) is 2.22. The molecule has 0 aliphatic heterocycles. The van der Waals surface area contributed by atoms with E-state index in [9.17, 15) is 0 Å². The van der Waals surface area contributed by atoms with E-state index in [1.54, 1.807) is 0 Å². The highest BCUT2D eigenvalue weighted by Gasteiger charge is 2.08. The number of benzene rings is 1. The molecular formula is C9H15NO5. The summed E-state index contributed by atoms with van der Waals surface area (Å²) in [4.78, 5) is 0. The Morgan fingerprint density at radius 1 is 1.20 bits per heavy atom. The van der Waals surface area contributed by atoms with Crippen molar-refractivity contribution in [2.24, 2.45) is 5.73 Å². The lowest BCUT2D eigenvalue weighted by Gasteiger charge is -2.05. The molecule has 0 aliphatic rings. The summed E-state index contributed by atoms with van der Waals surface area (Å²) in [6, 6.07) is 3.52. The molecule has 0 amide bonds. The molecule has 15 heavy (non-hydrogen) atoms. The van der Waals surface area contributed by atoms with Crippen molar-refractivity contribution < 1.29 is 25.5 Å². The number of aliphatic hydroxyl groups is 3. The first-order valence-electron chi connectivity index (χ1n) is 4.21. The second kappa shape index (κ2) is 7.02. The molecule has 86 valence electrons. The molecule has 1 aromatic rings. The van der Waals surface area contributed by atoms with Crippen LogP contribution < -0.4 is 5.73 Å². The number of hydrogen-bond donors (Lipinski definition) is 6. The Hall–Kier alpha value is -1.34. The quantitative estimate of drug-likeness (QED) is 0.279. The molecule has 0 heterocycles. The normalized spacial score (nSPS) is 9.67. The Bertz CT molecular complexity index is 288. The lowest BCUT2D eigenvalue weighted by Crippen LogP contribution is -2.02. The monoisotopic (exact) mass is 217 g/mol. The highest BCUT2D eigenvalue weighted by atomic mass is 16.5. The van der Waals surface area contributed by atoms with Crippen molar-refractivity contribution in [3.05, 3.63) is 23.8 Å². The van der Waals surface area contributed by atoms with Gasteiger partial charge in [-0.3, -0.25) is 0 Å². The topological polar surface area (TPSA) is 127 Å². The lowest BCUT2D eigenvalue weighted by molar-refractivity contribution is -0.0440. The van der Waals surface area contributed by atoms with E-state index < -0.39 is 6.29 Å². The molecule has 1 rings (SSSR count). The van der Waals surface area contributed by atoms with Crippen molar-refractivity contribution in [2.75, 3.05) is 13.2 Å². The van der Waals surface area contributed by atoms with Crippen LogP contribution in [0.3, 0.4) is 0 Å². The first kappa shape index (κ1) is 13.7. The van der Waals surface area contributed by atoms with Crippen LogP contribution in [0.15, 0.2) is 18.2 Å². The van der Waals surface area contributed by atoms with Crippen molar-refractivity contribution in [1.82, 2.24) is 0 Å². The van der Waals surface area contributed by atoms with Crippen LogP contribution in [0.25, 0.3) is 0 Å². The second-order valence-electron chi connectivity index (χ2n) is 2.63. The van der Waals surface area contributed by atoms with E-state index in [0.717, 1.165) is 6.07 Å². The third kappa shape index (κ3) is 5.18. The molecular weight excluding hydrogens is 202 g/mol. The van der Waals surface area contributed by atoms with Crippen LogP contribution in [0.1, 0.15) is 11.9 Å². The molecule has 0 saturated carbocycles. The Morgan fingerprint density at radius 2 is 1.73 bits per heavy atom. The highest BCUT2D eigenvalue weighted by Crippen LogP contribution is 2.26. The van der Waals surface area contributed by atoms with Crippen LogP contribution in [0.4, 0.5) is 0 Å². The van der Waals surface area contributed by atoms with Crippen LogP contribution in [-0.2, 0) is 0 Å². The van der Waals surface area contributed by atoms with E-state index in [-0.39, 0.29) is 23.7 Å². The second-order valence-corrected chi connectivity index (χ2v) is 2.63. The zero-order chi connectivity index (χ0) is 11.8. The SMILES string of the molecule is NCCO.Oc1ccc(O)c(C(O)O)c1. The first-order chi connectivity index (χ1) is 7.02. The number of phenols is 2. The van der Waals surface area contributed by atoms with Crippen LogP contribution in [0.2, 0.25) is 0 Å². The van der Waals surface area contributed by atoms with Crippen molar-refractivity contribution in [3.8, 4) is 11.5 Å². The molecule has 6 nitrogen and oxygen atoms in total. The summed E-state index contributed by atoms with van der Waals surface area (Å²) in [6.45, 7) is 0.472. The molecule has 0 saturated heterocycles. The number of nitrogens with two attached hydrogens (primary N) is 1. The fourth-order valence-corrected chi connectivity index (χ4v) is 0.749. The lowest BCUT2D eigenvalue weighted by atomic mass is 10.2.